The van der Waals surface area contributed by atoms with Crippen LogP contribution in [0, 0.1) is 5.92 Å². The monoisotopic (exact) mass is 298 g/mol. The van der Waals surface area contributed by atoms with Gasteiger partial charge in [0.1, 0.15) is 0 Å². The minimum Gasteiger partial charge on any atom is -0.395 e. The van der Waals surface area contributed by atoms with Crippen molar-refractivity contribution in [2.45, 2.75) is 33.7 Å². The largest absolute Gasteiger partial charge is 0.395 e. The van der Waals surface area contributed by atoms with Gasteiger partial charge in [0.05, 0.1) is 6.61 Å². The van der Waals surface area contributed by atoms with Gasteiger partial charge >= 0.3 is 0 Å². The quantitative estimate of drug-likeness (QED) is 0.734. The number of aliphatic hydroxyl groups excluding tert-OH is 1. The summed E-state index contributed by atoms with van der Waals surface area (Å²) < 4.78 is 0. The molecule has 1 aromatic rings. The number of anilines is 1. The molecule has 0 aromatic heterocycles. The first-order valence-corrected chi connectivity index (χ1v) is 7.81. The average molecular weight is 299 g/mol. The molecule has 0 saturated heterocycles. The molecule has 4 heteroatoms. The molecule has 0 fully saturated rings. The molecule has 2 N–H and O–H groups in total. The summed E-state index contributed by atoms with van der Waals surface area (Å²) in [4.78, 5) is 2.21. The summed E-state index contributed by atoms with van der Waals surface area (Å²) in [5.41, 5.74) is 2.25. The summed E-state index contributed by atoms with van der Waals surface area (Å²) >= 11 is 6.36. The van der Waals surface area contributed by atoms with Crippen molar-refractivity contribution in [1.82, 2.24) is 5.32 Å². The predicted molar refractivity (Wildman–Crippen MR) is 87.6 cm³/mol. The molecule has 0 amide bonds. The number of hydrogen-bond donors (Lipinski definition) is 2. The van der Waals surface area contributed by atoms with Crippen molar-refractivity contribution in [1.29, 1.82) is 0 Å². The molecular formula is C16H27ClN2O. The SMILES string of the molecule is CCCN(CCO)c1cccc(Cl)c1CNCC(C)C. The van der Waals surface area contributed by atoms with E-state index in [-0.39, 0.29) is 6.61 Å². The van der Waals surface area contributed by atoms with Gasteiger partial charge in [0.2, 0.25) is 0 Å². The highest BCUT2D eigenvalue weighted by atomic mass is 35.5. The Morgan fingerprint density at radius 3 is 2.65 bits per heavy atom. The zero-order valence-electron chi connectivity index (χ0n) is 12.8. The normalized spacial score (nSPS) is 11.1. The van der Waals surface area contributed by atoms with Crippen LogP contribution in [0.15, 0.2) is 18.2 Å². The lowest BCUT2D eigenvalue weighted by Gasteiger charge is -2.27. The molecule has 1 rings (SSSR count). The highest BCUT2D eigenvalue weighted by Gasteiger charge is 2.13. The Hall–Kier alpha value is -0.770. The van der Waals surface area contributed by atoms with Crippen molar-refractivity contribution in [3.05, 3.63) is 28.8 Å². The van der Waals surface area contributed by atoms with Gasteiger partial charge in [0, 0.05) is 35.9 Å². The second-order valence-electron chi connectivity index (χ2n) is 5.47. The number of nitrogens with one attached hydrogen (secondary N) is 1. The van der Waals surface area contributed by atoms with Gasteiger partial charge in [0.15, 0.2) is 0 Å². The van der Waals surface area contributed by atoms with Crippen LogP contribution in [0.25, 0.3) is 0 Å². The Bertz CT molecular complexity index is 390. The maximum absolute atomic E-state index is 9.24. The summed E-state index contributed by atoms with van der Waals surface area (Å²) in [5.74, 6) is 0.616. The first-order chi connectivity index (χ1) is 9.60. The van der Waals surface area contributed by atoms with Gasteiger partial charge in [-0.3, -0.25) is 0 Å². The summed E-state index contributed by atoms with van der Waals surface area (Å²) in [7, 11) is 0. The van der Waals surface area contributed by atoms with Crippen molar-refractivity contribution in [3.63, 3.8) is 0 Å². The lowest BCUT2D eigenvalue weighted by atomic mass is 10.1. The fourth-order valence-corrected chi connectivity index (χ4v) is 2.48. The van der Waals surface area contributed by atoms with E-state index in [1.807, 2.05) is 12.1 Å². The topological polar surface area (TPSA) is 35.5 Å². The number of aliphatic hydroxyl groups is 1. The van der Waals surface area contributed by atoms with Crippen LogP contribution < -0.4 is 10.2 Å². The lowest BCUT2D eigenvalue weighted by molar-refractivity contribution is 0.301. The van der Waals surface area contributed by atoms with Crippen molar-refractivity contribution in [3.8, 4) is 0 Å². The van der Waals surface area contributed by atoms with Crippen molar-refractivity contribution in [2.75, 3.05) is 31.1 Å². The zero-order valence-corrected chi connectivity index (χ0v) is 13.6. The highest BCUT2D eigenvalue weighted by molar-refractivity contribution is 6.31. The van der Waals surface area contributed by atoms with Crippen LogP contribution in [0.3, 0.4) is 0 Å². The number of hydrogen-bond acceptors (Lipinski definition) is 3. The molecule has 0 aliphatic rings. The van der Waals surface area contributed by atoms with Crippen molar-refractivity contribution < 1.29 is 5.11 Å². The van der Waals surface area contributed by atoms with Crippen LogP contribution in [-0.2, 0) is 6.54 Å². The Morgan fingerprint density at radius 1 is 1.30 bits per heavy atom. The summed E-state index contributed by atoms with van der Waals surface area (Å²) in [6, 6.07) is 5.99. The maximum Gasteiger partial charge on any atom is 0.0606 e. The number of rotatable bonds is 9. The van der Waals surface area contributed by atoms with E-state index in [4.69, 9.17) is 11.6 Å². The molecule has 1 aromatic carbocycles. The molecule has 0 atom stereocenters. The van der Waals surface area contributed by atoms with E-state index >= 15 is 0 Å². The van der Waals surface area contributed by atoms with E-state index in [1.165, 1.54) is 0 Å². The fourth-order valence-electron chi connectivity index (χ4n) is 2.25. The van der Waals surface area contributed by atoms with Crippen molar-refractivity contribution >= 4 is 17.3 Å². The molecule has 0 spiro atoms. The Morgan fingerprint density at radius 2 is 2.05 bits per heavy atom. The Labute approximate surface area is 127 Å². The molecular weight excluding hydrogens is 272 g/mol. The molecule has 0 unspecified atom stereocenters. The van der Waals surface area contributed by atoms with E-state index in [0.29, 0.717) is 12.5 Å². The van der Waals surface area contributed by atoms with Gasteiger partial charge < -0.3 is 15.3 Å². The van der Waals surface area contributed by atoms with Crippen LogP contribution >= 0.6 is 11.6 Å². The molecule has 0 bridgehead atoms. The standard InChI is InChI=1S/C16H27ClN2O/c1-4-8-19(9-10-20)16-7-5-6-15(17)14(16)12-18-11-13(2)3/h5-7,13,18,20H,4,8-12H2,1-3H3. The third kappa shape index (κ3) is 5.31. The van der Waals surface area contributed by atoms with Crippen LogP contribution in [-0.4, -0.2) is 31.3 Å². The molecule has 3 nitrogen and oxygen atoms in total. The van der Waals surface area contributed by atoms with Crippen LogP contribution in [0.1, 0.15) is 32.8 Å². The van der Waals surface area contributed by atoms with E-state index in [0.717, 1.165) is 42.3 Å². The summed E-state index contributed by atoms with van der Waals surface area (Å²) in [5, 5.41) is 13.5. The molecule has 0 heterocycles. The van der Waals surface area contributed by atoms with E-state index in [2.05, 4.69) is 37.1 Å². The second-order valence-corrected chi connectivity index (χ2v) is 5.88. The Kier molecular flexibility index (Phi) is 7.97. The third-order valence-electron chi connectivity index (χ3n) is 3.15. The van der Waals surface area contributed by atoms with Crippen LogP contribution in [0.2, 0.25) is 5.02 Å². The molecule has 0 saturated carbocycles. The van der Waals surface area contributed by atoms with Gasteiger partial charge in [-0.25, -0.2) is 0 Å². The molecule has 20 heavy (non-hydrogen) atoms. The van der Waals surface area contributed by atoms with Crippen LogP contribution in [0.5, 0.6) is 0 Å². The zero-order chi connectivity index (χ0) is 15.0. The fraction of sp³-hybridized carbons (Fsp3) is 0.625. The Balaban J connectivity index is 2.90. The minimum absolute atomic E-state index is 0.158. The van der Waals surface area contributed by atoms with Crippen LogP contribution in [0.4, 0.5) is 5.69 Å². The lowest BCUT2D eigenvalue weighted by Crippen LogP contribution is -2.29. The van der Waals surface area contributed by atoms with E-state index in [1.54, 1.807) is 0 Å². The second kappa shape index (κ2) is 9.22. The van der Waals surface area contributed by atoms with E-state index < -0.39 is 0 Å². The van der Waals surface area contributed by atoms with Gasteiger partial charge in [-0.2, -0.15) is 0 Å². The average Bonchev–Trinajstić information content (AvgIpc) is 2.40. The van der Waals surface area contributed by atoms with Gasteiger partial charge in [-0.1, -0.05) is 38.4 Å². The summed E-state index contributed by atoms with van der Waals surface area (Å²) in [6.45, 7) is 9.99. The first kappa shape index (κ1) is 17.3. The number of benzene rings is 1. The highest BCUT2D eigenvalue weighted by Crippen LogP contribution is 2.27. The smallest absolute Gasteiger partial charge is 0.0606 e. The van der Waals surface area contributed by atoms with E-state index in [9.17, 15) is 5.11 Å². The van der Waals surface area contributed by atoms with Gasteiger partial charge in [-0.05, 0) is 31.0 Å². The van der Waals surface area contributed by atoms with Gasteiger partial charge in [0.25, 0.3) is 0 Å². The third-order valence-corrected chi connectivity index (χ3v) is 3.51. The molecule has 0 aliphatic carbocycles. The molecule has 114 valence electrons. The predicted octanol–water partition coefficient (Wildman–Crippen LogP) is 3.29. The maximum atomic E-state index is 9.24. The first-order valence-electron chi connectivity index (χ1n) is 7.44. The minimum atomic E-state index is 0.158. The van der Waals surface area contributed by atoms with Gasteiger partial charge in [-0.15, -0.1) is 0 Å². The number of nitrogens with zero attached hydrogens (tertiary/aromatic N) is 1. The number of halogens is 1. The molecule has 0 radical (unpaired) electrons. The summed E-state index contributed by atoms with van der Waals surface area (Å²) in [6.07, 6.45) is 1.05. The molecule has 0 aliphatic heterocycles. The van der Waals surface area contributed by atoms with Crippen molar-refractivity contribution in [2.24, 2.45) is 5.92 Å².